The number of aliphatic hydroxyl groups excluding tert-OH is 2. The van der Waals surface area contributed by atoms with E-state index in [-0.39, 0.29) is 24.5 Å². The largest absolute Gasteiger partial charge is 0.394 e. The molecule has 2 aromatic carbocycles. The molecule has 1 amide bonds. The highest BCUT2D eigenvalue weighted by Gasteiger charge is 2.22. The van der Waals surface area contributed by atoms with E-state index in [2.05, 4.69) is 46.7 Å². The molecule has 6 heteroatoms. The molecule has 0 saturated carbocycles. The highest BCUT2D eigenvalue weighted by molar-refractivity contribution is 5.79. The minimum absolute atomic E-state index is 0.0842. The standard InChI is InChI=1S/C25H27N3O3/c1-17(30)25-26-12-13-28(25)23(16-29)11-4-18-2-5-19(6-3-18)20-7-9-21(10-8-20)22-14-24(31)27-15-22/h2-13,17,22-23,29-30H,14-16H2,1H3,(H,27,31)/b11-4+/t17-,22+,23-/m0/s1. The predicted octanol–water partition coefficient (Wildman–Crippen LogP) is 3.45. The molecule has 31 heavy (non-hydrogen) atoms. The van der Waals surface area contributed by atoms with Crippen molar-refractivity contribution in [2.75, 3.05) is 13.2 Å². The van der Waals surface area contributed by atoms with Crippen molar-refractivity contribution in [3.8, 4) is 11.1 Å². The van der Waals surface area contributed by atoms with E-state index in [1.54, 1.807) is 23.9 Å². The third-order valence-electron chi connectivity index (χ3n) is 5.73. The Hall–Kier alpha value is -3.22. The summed E-state index contributed by atoms with van der Waals surface area (Å²) in [6, 6.07) is 16.3. The maximum atomic E-state index is 11.4. The molecule has 0 unspecified atom stereocenters. The van der Waals surface area contributed by atoms with Crippen molar-refractivity contribution in [1.82, 2.24) is 14.9 Å². The molecule has 3 aromatic rings. The Kier molecular flexibility index (Phi) is 6.30. The van der Waals surface area contributed by atoms with Crippen molar-refractivity contribution in [3.63, 3.8) is 0 Å². The van der Waals surface area contributed by atoms with Crippen molar-refractivity contribution in [2.45, 2.75) is 31.4 Å². The average molecular weight is 418 g/mol. The van der Waals surface area contributed by atoms with Gasteiger partial charge in [0.2, 0.25) is 5.91 Å². The van der Waals surface area contributed by atoms with Crippen LogP contribution in [0, 0.1) is 0 Å². The van der Waals surface area contributed by atoms with E-state index >= 15 is 0 Å². The lowest BCUT2D eigenvalue weighted by atomic mass is 9.95. The summed E-state index contributed by atoms with van der Waals surface area (Å²) in [5.41, 5.74) is 4.46. The van der Waals surface area contributed by atoms with Crippen LogP contribution < -0.4 is 5.32 Å². The van der Waals surface area contributed by atoms with E-state index in [0.29, 0.717) is 18.8 Å². The van der Waals surface area contributed by atoms with Crippen LogP contribution in [0.1, 0.15) is 48.4 Å². The number of rotatable bonds is 7. The summed E-state index contributed by atoms with van der Waals surface area (Å²) in [6.07, 6.45) is 7.12. The zero-order valence-electron chi connectivity index (χ0n) is 17.5. The number of aliphatic hydroxyl groups is 2. The number of carbonyl (C=O) groups is 1. The number of imidazole rings is 1. The molecule has 2 heterocycles. The molecule has 0 bridgehead atoms. The van der Waals surface area contributed by atoms with Crippen LogP contribution in [0.2, 0.25) is 0 Å². The number of carbonyl (C=O) groups excluding carboxylic acids is 1. The van der Waals surface area contributed by atoms with Crippen molar-refractivity contribution in [2.24, 2.45) is 0 Å². The lowest BCUT2D eigenvalue weighted by molar-refractivity contribution is -0.119. The number of nitrogens with one attached hydrogen (secondary N) is 1. The molecular weight excluding hydrogens is 390 g/mol. The Morgan fingerprint density at radius 1 is 1.16 bits per heavy atom. The van der Waals surface area contributed by atoms with Gasteiger partial charge in [0.05, 0.1) is 12.6 Å². The van der Waals surface area contributed by atoms with Gasteiger partial charge in [0.15, 0.2) is 0 Å². The second-order valence-corrected chi connectivity index (χ2v) is 7.93. The van der Waals surface area contributed by atoms with Gasteiger partial charge in [-0.15, -0.1) is 0 Å². The number of hydrogen-bond acceptors (Lipinski definition) is 4. The third kappa shape index (κ3) is 4.76. The first kappa shape index (κ1) is 21.0. The Labute approximate surface area is 181 Å². The van der Waals surface area contributed by atoms with Crippen LogP contribution in [-0.2, 0) is 4.79 Å². The lowest BCUT2D eigenvalue weighted by Gasteiger charge is -2.16. The van der Waals surface area contributed by atoms with Gasteiger partial charge in [0.1, 0.15) is 11.9 Å². The van der Waals surface area contributed by atoms with Crippen LogP contribution in [0.15, 0.2) is 67.0 Å². The molecule has 3 atom stereocenters. The fourth-order valence-corrected chi connectivity index (χ4v) is 3.97. The van der Waals surface area contributed by atoms with Gasteiger partial charge < -0.3 is 20.1 Å². The number of hydrogen-bond donors (Lipinski definition) is 3. The average Bonchev–Trinajstić information content (AvgIpc) is 3.44. The van der Waals surface area contributed by atoms with E-state index in [1.807, 2.05) is 24.3 Å². The van der Waals surface area contributed by atoms with Gasteiger partial charge in [-0.3, -0.25) is 4.79 Å². The van der Waals surface area contributed by atoms with Crippen LogP contribution in [0.25, 0.3) is 17.2 Å². The summed E-state index contributed by atoms with van der Waals surface area (Å²) < 4.78 is 1.78. The zero-order chi connectivity index (χ0) is 21.8. The van der Waals surface area contributed by atoms with Crippen LogP contribution >= 0.6 is 0 Å². The SMILES string of the molecule is C[C@H](O)c1nccn1[C@@H](/C=C/c1ccc(-c2ccc([C@H]3CNC(=O)C3)cc2)cc1)CO. The lowest BCUT2D eigenvalue weighted by Crippen LogP contribution is -2.14. The highest BCUT2D eigenvalue weighted by Crippen LogP contribution is 2.27. The van der Waals surface area contributed by atoms with Crippen molar-refractivity contribution in [1.29, 1.82) is 0 Å². The predicted molar refractivity (Wildman–Crippen MR) is 120 cm³/mol. The first-order valence-electron chi connectivity index (χ1n) is 10.5. The zero-order valence-corrected chi connectivity index (χ0v) is 17.5. The van der Waals surface area contributed by atoms with Gasteiger partial charge in [-0.05, 0) is 29.2 Å². The summed E-state index contributed by atoms with van der Waals surface area (Å²) in [7, 11) is 0. The van der Waals surface area contributed by atoms with Crippen molar-refractivity contribution < 1.29 is 15.0 Å². The second-order valence-electron chi connectivity index (χ2n) is 7.93. The monoisotopic (exact) mass is 417 g/mol. The smallest absolute Gasteiger partial charge is 0.220 e. The van der Waals surface area contributed by atoms with Crippen molar-refractivity contribution >= 4 is 12.0 Å². The quantitative estimate of drug-likeness (QED) is 0.549. The van der Waals surface area contributed by atoms with E-state index in [4.69, 9.17) is 0 Å². The Balaban J connectivity index is 1.45. The van der Waals surface area contributed by atoms with Crippen LogP contribution in [-0.4, -0.2) is 38.8 Å². The minimum Gasteiger partial charge on any atom is -0.394 e. The van der Waals surface area contributed by atoms with Gasteiger partial charge in [-0.25, -0.2) is 4.98 Å². The first-order chi connectivity index (χ1) is 15.0. The Bertz CT molecular complexity index is 1050. The molecule has 1 fully saturated rings. The summed E-state index contributed by atoms with van der Waals surface area (Å²) in [5.74, 6) is 0.912. The molecule has 160 valence electrons. The third-order valence-corrected chi connectivity index (χ3v) is 5.73. The molecule has 0 aliphatic carbocycles. The molecule has 1 aliphatic heterocycles. The van der Waals surface area contributed by atoms with Gasteiger partial charge in [-0.1, -0.05) is 60.7 Å². The summed E-state index contributed by atoms with van der Waals surface area (Å²) in [5, 5.41) is 22.5. The fourth-order valence-electron chi connectivity index (χ4n) is 3.97. The van der Waals surface area contributed by atoms with E-state index < -0.39 is 6.10 Å². The molecule has 3 N–H and O–H groups in total. The summed E-state index contributed by atoms with van der Waals surface area (Å²) in [4.78, 5) is 15.6. The molecule has 6 nitrogen and oxygen atoms in total. The van der Waals surface area contributed by atoms with Gasteiger partial charge in [-0.2, -0.15) is 0 Å². The van der Waals surface area contributed by atoms with E-state index in [0.717, 1.165) is 16.7 Å². The second kappa shape index (κ2) is 9.29. The van der Waals surface area contributed by atoms with Gasteiger partial charge in [0.25, 0.3) is 0 Å². The normalized spacial score (nSPS) is 18.3. The van der Waals surface area contributed by atoms with Crippen LogP contribution in [0.3, 0.4) is 0 Å². The molecular formula is C25H27N3O3. The number of aromatic nitrogens is 2. The van der Waals surface area contributed by atoms with Gasteiger partial charge >= 0.3 is 0 Å². The summed E-state index contributed by atoms with van der Waals surface area (Å²) >= 11 is 0. The van der Waals surface area contributed by atoms with E-state index in [9.17, 15) is 15.0 Å². The minimum atomic E-state index is -0.700. The highest BCUT2D eigenvalue weighted by atomic mass is 16.3. The maximum absolute atomic E-state index is 11.4. The number of nitrogens with zero attached hydrogens (tertiary/aromatic N) is 2. The first-order valence-corrected chi connectivity index (χ1v) is 10.5. The summed E-state index contributed by atoms with van der Waals surface area (Å²) in [6.45, 7) is 2.29. The van der Waals surface area contributed by atoms with Crippen LogP contribution in [0.5, 0.6) is 0 Å². The topological polar surface area (TPSA) is 87.4 Å². The van der Waals surface area contributed by atoms with Crippen molar-refractivity contribution in [3.05, 3.63) is 84.0 Å². The molecule has 4 rings (SSSR count). The van der Waals surface area contributed by atoms with E-state index in [1.165, 1.54) is 5.56 Å². The molecule has 0 spiro atoms. The molecule has 1 aromatic heterocycles. The Morgan fingerprint density at radius 2 is 1.84 bits per heavy atom. The van der Waals surface area contributed by atoms with Crippen LogP contribution in [0.4, 0.5) is 0 Å². The maximum Gasteiger partial charge on any atom is 0.220 e. The molecule has 1 saturated heterocycles. The molecule has 1 aliphatic rings. The molecule has 0 radical (unpaired) electrons. The number of amides is 1. The fraction of sp³-hybridized carbons (Fsp3) is 0.280. The van der Waals surface area contributed by atoms with Gasteiger partial charge in [0, 0.05) is 31.3 Å². The number of benzene rings is 2. The Morgan fingerprint density at radius 3 is 2.42 bits per heavy atom.